The van der Waals surface area contributed by atoms with E-state index in [9.17, 15) is 0 Å². The summed E-state index contributed by atoms with van der Waals surface area (Å²) in [4.78, 5) is 0. The second kappa shape index (κ2) is 4.96. The van der Waals surface area contributed by atoms with E-state index < -0.39 is 0 Å². The minimum Gasteiger partial charge on any atom is -0.497 e. The average molecular weight is 315 g/mol. The molecule has 56 valence electrons. The van der Waals surface area contributed by atoms with Crippen LogP contribution in [0.15, 0.2) is 24.3 Å². The molecule has 0 bridgehead atoms. The Morgan fingerprint density at radius 1 is 1.20 bits per heavy atom. The average Bonchev–Trinajstić information content (AvgIpc) is 1.90. The quantitative estimate of drug-likeness (QED) is 0.724. The predicted molar refractivity (Wildman–Crippen MR) is 56.0 cm³/mol. The van der Waals surface area contributed by atoms with Crippen LogP contribution in [0.2, 0.25) is 0 Å². The molecule has 0 aliphatic rings. The van der Waals surface area contributed by atoms with Gasteiger partial charge in [0.2, 0.25) is 0 Å². The van der Waals surface area contributed by atoms with E-state index in [2.05, 4.69) is 22.6 Å². The molecule has 1 aromatic rings. The van der Waals surface area contributed by atoms with Crippen LogP contribution >= 0.6 is 39.6 Å². The van der Waals surface area contributed by atoms with Crippen LogP contribution in [0.25, 0.3) is 0 Å². The van der Waals surface area contributed by atoms with Gasteiger partial charge in [-0.2, -0.15) is 0 Å². The summed E-state index contributed by atoms with van der Waals surface area (Å²) in [6, 6.07) is 7.92. The first-order chi connectivity index (χ1) is 4.33. The number of benzene rings is 1. The lowest BCUT2D eigenvalue weighted by molar-refractivity contribution is 0.414. The van der Waals surface area contributed by atoms with Crippen LogP contribution in [0.3, 0.4) is 0 Å². The van der Waals surface area contributed by atoms with Crippen molar-refractivity contribution in [2.45, 2.75) is 0 Å². The molecule has 0 aliphatic heterocycles. The number of rotatable bonds is 1. The minimum atomic E-state index is 0. The van der Waals surface area contributed by atoms with E-state index in [1.54, 1.807) is 7.11 Å². The first-order valence-electron chi connectivity index (χ1n) is 2.62. The molecule has 0 fully saturated rings. The van der Waals surface area contributed by atoms with E-state index in [4.69, 9.17) is 4.74 Å². The van der Waals surface area contributed by atoms with Gasteiger partial charge in [0.25, 0.3) is 0 Å². The molecule has 0 saturated carbocycles. The van der Waals surface area contributed by atoms with Crippen LogP contribution in [0.4, 0.5) is 0 Å². The third kappa shape index (κ3) is 2.88. The fourth-order valence-corrected chi connectivity index (χ4v) is 0.930. The summed E-state index contributed by atoms with van der Waals surface area (Å²) in [5.74, 6) is 0.912. The lowest BCUT2D eigenvalue weighted by atomic mass is 10.3. The van der Waals surface area contributed by atoms with Crippen LogP contribution in [-0.2, 0) is 0 Å². The van der Waals surface area contributed by atoms with E-state index in [-0.39, 0.29) is 17.0 Å². The highest BCUT2D eigenvalue weighted by molar-refractivity contribution is 14.1. The van der Waals surface area contributed by atoms with Crippen molar-refractivity contribution < 1.29 is 4.74 Å². The molecule has 0 saturated heterocycles. The van der Waals surface area contributed by atoms with E-state index >= 15 is 0 Å². The van der Waals surface area contributed by atoms with Crippen molar-refractivity contribution in [2.75, 3.05) is 7.11 Å². The molecule has 10 heavy (non-hydrogen) atoms. The van der Waals surface area contributed by atoms with Gasteiger partial charge in [0.1, 0.15) is 5.75 Å². The standard InChI is InChI=1S/C7H7IO.BrH/c1-9-7-4-2-6(8)3-5-7;/h2-5H,1H3;1H. The molecule has 0 unspecified atom stereocenters. The predicted octanol–water partition coefficient (Wildman–Crippen LogP) is 2.88. The fraction of sp³-hybridized carbons (Fsp3) is 0.143. The Morgan fingerprint density at radius 3 is 2.10 bits per heavy atom. The first kappa shape index (κ1) is 10.2. The second-order valence-corrected chi connectivity index (χ2v) is 2.90. The first-order valence-corrected chi connectivity index (χ1v) is 3.70. The monoisotopic (exact) mass is 314 g/mol. The van der Waals surface area contributed by atoms with E-state index in [1.165, 1.54) is 3.57 Å². The van der Waals surface area contributed by atoms with Crippen LogP contribution in [0, 0.1) is 3.57 Å². The minimum absolute atomic E-state index is 0. The normalized spacial score (nSPS) is 8.20. The molecule has 0 spiro atoms. The number of hydrogen-bond donors (Lipinski definition) is 0. The lowest BCUT2D eigenvalue weighted by Gasteiger charge is -1.96. The Morgan fingerprint density at radius 2 is 1.70 bits per heavy atom. The second-order valence-electron chi connectivity index (χ2n) is 1.66. The number of ether oxygens (including phenoxy) is 1. The summed E-state index contributed by atoms with van der Waals surface area (Å²) in [5, 5.41) is 0. The Hall–Kier alpha value is 0.230. The summed E-state index contributed by atoms with van der Waals surface area (Å²) in [7, 11) is 1.67. The van der Waals surface area contributed by atoms with E-state index in [0.717, 1.165) is 5.75 Å². The van der Waals surface area contributed by atoms with Crippen LogP contribution in [-0.4, -0.2) is 7.11 Å². The maximum atomic E-state index is 4.97. The summed E-state index contributed by atoms with van der Waals surface area (Å²) < 4.78 is 6.20. The van der Waals surface area contributed by atoms with Crippen molar-refractivity contribution in [3.05, 3.63) is 27.8 Å². The third-order valence-electron chi connectivity index (χ3n) is 1.05. The highest BCUT2D eigenvalue weighted by Crippen LogP contribution is 2.11. The topological polar surface area (TPSA) is 9.23 Å². The Labute approximate surface area is 84.7 Å². The zero-order valence-electron chi connectivity index (χ0n) is 5.50. The van der Waals surface area contributed by atoms with E-state index in [1.807, 2.05) is 24.3 Å². The Bertz CT molecular complexity index is 185. The highest BCUT2D eigenvalue weighted by Gasteiger charge is 1.86. The molecule has 1 rings (SSSR count). The van der Waals surface area contributed by atoms with E-state index in [0.29, 0.717) is 0 Å². The molecular formula is C7H8BrIO. The van der Waals surface area contributed by atoms with Gasteiger partial charge >= 0.3 is 0 Å². The van der Waals surface area contributed by atoms with Gasteiger partial charge in [-0.25, -0.2) is 0 Å². The molecule has 0 N–H and O–H groups in total. The van der Waals surface area contributed by atoms with Crippen LogP contribution < -0.4 is 4.74 Å². The molecule has 0 radical (unpaired) electrons. The summed E-state index contributed by atoms with van der Waals surface area (Å²) in [6.07, 6.45) is 0. The number of halogens is 2. The molecule has 1 aromatic carbocycles. The lowest BCUT2D eigenvalue weighted by Crippen LogP contribution is -1.80. The molecule has 0 heterocycles. The molecule has 3 heteroatoms. The molecular weight excluding hydrogens is 307 g/mol. The van der Waals surface area contributed by atoms with Crippen LogP contribution in [0.1, 0.15) is 0 Å². The van der Waals surface area contributed by atoms with Crippen LogP contribution in [0.5, 0.6) is 5.75 Å². The molecule has 0 atom stereocenters. The fourth-order valence-electron chi connectivity index (χ4n) is 0.571. The Kier molecular flexibility index (Phi) is 5.07. The Balaban J connectivity index is 0.000000810. The summed E-state index contributed by atoms with van der Waals surface area (Å²) >= 11 is 2.26. The number of hydrogen-bond acceptors (Lipinski definition) is 1. The van der Waals surface area contributed by atoms with Crippen molar-refractivity contribution in [1.82, 2.24) is 0 Å². The molecule has 1 nitrogen and oxygen atoms in total. The summed E-state index contributed by atoms with van der Waals surface area (Å²) in [6.45, 7) is 0. The van der Waals surface area contributed by atoms with Gasteiger partial charge in [0.15, 0.2) is 0 Å². The highest BCUT2D eigenvalue weighted by atomic mass is 127. The van der Waals surface area contributed by atoms with Crippen molar-refractivity contribution in [3.63, 3.8) is 0 Å². The van der Waals surface area contributed by atoms with Crippen molar-refractivity contribution >= 4 is 39.6 Å². The molecule has 0 amide bonds. The SMILES string of the molecule is Br.COc1ccc(I)cc1. The van der Waals surface area contributed by atoms with Gasteiger partial charge in [-0.1, -0.05) is 0 Å². The molecule has 0 aromatic heterocycles. The van der Waals surface area contributed by atoms with Gasteiger partial charge in [0.05, 0.1) is 7.11 Å². The maximum Gasteiger partial charge on any atom is 0.118 e. The summed E-state index contributed by atoms with van der Waals surface area (Å²) in [5.41, 5.74) is 0. The zero-order valence-corrected chi connectivity index (χ0v) is 9.37. The smallest absolute Gasteiger partial charge is 0.118 e. The van der Waals surface area contributed by atoms with Gasteiger partial charge in [0, 0.05) is 3.57 Å². The van der Waals surface area contributed by atoms with Gasteiger partial charge in [-0.15, -0.1) is 17.0 Å². The van der Waals surface area contributed by atoms with Crippen molar-refractivity contribution in [1.29, 1.82) is 0 Å². The zero-order chi connectivity index (χ0) is 6.69. The maximum absolute atomic E-state index is 4.97. The van der Waals surface area contributed by atoms with Gasteiger partial charge in [-0.3, -0.25) is 0 Å². The molecule has 0 aliphatic carbocycles. The van der Waals surface area contributed by atoms with Gasteiger partial charge < -0.3 is 4.74 Å². The number of methoxy groups -OCH3 is 1. The van der Waals surface area contributed by atoms with Gasteiger partial charge in [-0.05, 0) is 46.9 Å². The largest absolute Gasteiger partial charge is 0.497 e. The third-order valence-corrected chi connectivity index (χ3v) is 1.77. The van der Waals surface area contributed by atoms with Crippen molar-refractivity contribution in [3.8, 4) is 5.75 Å². The van der Waals surface area contributed by atoms with Crippen molar-refractivity contribution in [2.24, 2.45) is 0 Å².